The number of rotatable bonds is 6. The van der Waals surface area contributed by atoms with Gasteiger partial charge < -0.3 is 40.0 Å². The van der Waals surface area contributed by atoms with Crippen LogP contribution < -0.4 is 58.2 Å². The Morgan fingerprint density at radius 1 is 1.22 bits per heavy atom. The van der Waals surface area contributed by atoms with Crippen LogP contribution in [0.25, 0.3) is 0 Å². The predicted octanol–water partition coefficient (Wildman–Crippen LogP) is 3.37. The molecule has 0 spiro atoms. The Bertz CT molecular complexity index is 224. The van der Waals surface area contributed by atoms with Crippen LogP contribution >= 0.6 is 0 Å². The van der Waals surface area contributed by atoms with Crippen molar-refractivity contribution < 1.29 is 79.3 Å². The summed E-state index contributed by atoms with van der Waals surface area (Å²) >= 11 is 0. The van der Waals surface area contributed by atoms with Crippen LogP contribution in [0, 0.1) is 45.4 Å². The molecule has 23 heavy (non-hydrogen) atoms. The van der Waals surface area contributed by atoms with Gasteiger partial charge in [0.25, 0.3) is 0 Å². The van der Waals surface area contributed by atoms with Crippen molar-refractivity contribution in [2.75, 3.05) is 7.05 Å². The third kappa shape index (κ3) is 26.5. The first-order valence-electron chi connectivity index (χ1n) is 8.46. The minimum atomic E-state index is 0. The smallest absolute Gasteiger partial charge is 0.372 e. The molecule has 0 heterocycles. The van der Waals surface area contributed by atoms with Crippen LogP contribution in [0.3, 0.4) is 0 Å². The van der Waals surface area contributed by atoms with Gasteiger partial charge in [0, 0.05) is 12.8 Å². The Morgan fingerprint density at radius 2 is 1.78 bits per heavy atom. The Balaban J connectivity index is -0.000000118. The quantitative estimate of drug-likeness (QED) is 0.268. The van der Waals surface area contributed by atoms with Crippen LogP contribution in [0.1, 0.15) is 72.1 Å². The van der Waals surface area contributed by atoms with Gasteiger partial charge in [0.2, 0.25) is 0 Å². The SMILES string of the molecule is CN=C(C)C.[CH2-]CCC1[CH-]CCC1C.[CH2-]C[CH-]CCC[CH2-].[Rb+].[W+2]. The maximum atomic E-state index is 3.86. The van der Waals surface area contributed by atoms with E-state index in [9.17, 15) is 0 Å². The molecule has 1 aliphatic rings. The zero-order valence-corrected chi connectivity index (χ0v) is 24.3. The summed E-state index contributed by atoms with van der Waals surface area (Å²) in [4.78, 5) is 3.81. The van der Waals surface area contributed by atoms with E-state index in [1.807, 2.05) is 13.8 Å². The number of unbranched alkanes of at least 4 members (excludes halogenated alkanes) is 4. The van der Waals surface area contributed by atoms with Crippen molar-refractivity contribution in [1.82, 2.24) is 0 Å². The molecule has 0 aromatic rings. The summed E-state index contributed by atoms with van der Waals surface area (Å²) in [5.41, 5.74) is 1.13. The summed E-state index contributed by atoms with van der Waals surface area (Å²) in [5, 5.41) is 0. The van der Waals surface area contributed by atoms with E-state index >= 15 is 0 Å². The molecule has 0 aromatic heterocycles. The molecule has 0 bridgehead atoms. The summed E-state index contributed by atoms with van der Waals surface area (Å²) in [7, 11) is 1.79. The molecule has 1 nitrogen and oxygen atoms in total. The van der Waals surface area contributed by atoms with Crippen molar-refractivity contribution in [2.45, 2.75) is 72.1 Å². The molecular weight excluding hydrogens is 524 g/mol. The van der Waals surface area contributed by atoms with Gasteiger partial charge in [-0.2, -0.15) is 31.6 Å². The normalized spacial score (nSPS) is 18.2. The van der Waals surface area contributed by atoms with Crippen LogP contribution in [-0.2, 0) is 21.1 Å². The first-order chi connectivity index (χ1) is 10.0. The fraction of sp³-hybridized carbons (Fsp3) is 0.700. The van der Waals surface area contributed by atoms with Crippen molar-refractivity contribution in [2.24, 2.45) is 16.8 Å². The molecule has 0 amide bonds. The molecule has 1 fully saturated rings. The number of nitrogens with zero attached hydrogens (tertiary/aromatic N) is 1. The van der Waals surface area contributed by atoms with Gasteiger partial charge in [0.05, 0.1) is 0 Å². The molecule has 2 atom stereocenters. The second kappa shape index (κ2) is 26.4. The standard InChI is InChI=1S/C9H16.C7H13.C4H9N.Rb.W/c1-3-5-9-7-4-6-8(9)2;1-3-5-7-6-4-2;1-4(2)5-3;;/h7-9H,1,3-6H2,2H3;5H,1-4,6-7H2;1-3H3;;/q-2;-3;;+1;+2. The topological polar surface area (TPSA) is 12.4 Å². The number of aliphatic imine (C=N–C) groups is 1. The Morgan fingerprint density at radius 3 is 2.09 bits per heavy atom. The van der Waals surface area contributed by atoms with E-state index in [-0.39, 0.29) is 79.3 Å². The van der Waals surface area contributed by atoms with Crippen LogP contribution in [0.5, 0.6) is 0 Å². The van der Waals surface area contributed by atoms with Crippen molar-refractivity contribution in [3.05, 3.63) is 33.6 Å². The van der Waals surface area contributed by atoms with Crippen molar-refractivity contribution in [1.29, 1.82) is 0 Å². The summed E-state index contributed by atoms with van der Waals surface area (Å²) in [6.45, 7) is 17.6. The van der Waals surface area contributed by atoms with Gasteiger partial charge in [-0.1, -0.05) is 19.3 Å². The molecule has 0 aromatic carbocycles. The van der Waals surface area contributed by atoms with Crippen LogP contribution in [-0.4, -0.2) is 12.8 Å². The average Bonchev–Trinajstić information content (AvgIpc) is 2.87. The summed E-state index contributed by atoms with van der Waals surface area (Å²) in [5.74, 6) is 1.83. The molecule has 1 rings (SSSR count). The summed E-state index contributed by atoms with van der Waals surface area (Å²) in [6.07, 6.45) is 14.2. The van der Waals surface area contributed by atoms with E-state index in [1.54, 1.807) is 7.05 Å². The average molecular weight is 562 g/mol. The van der Waals surface area contributed by atoms with Crippen molar-refractivity contribution in [3.8, 4) is 0 Å². The first-order valence-corrected chi connectivity index (χ1v) is 8.46. The first kappa shape index (κ1) is 32.8. The molecule has 1 aliphatic carbocycles. The second-order valence-corrected chi connectivity index (χ2v) is 5.84. The predicted molar refractivity (Wildman–Crippen MR) is 99.0 cm³/mol. The summed E-state index contributed by atoms with van der Waals surface area (Å²) < 4.78 is 0. The minimum absolute atomic E-state index is 0. The van der Waals surface area contributed by atoms with E-state index in [2.05, 4.69) is 45.5 Å². The molecule has 3 heteroatoms. The van der Waals surface area contributed by atoms with Gasteiger partial charge >= 0.3 is 79.3 Å². The van der Waals surface area contributed by atoms with Gasteiger partial charge in [0.1, 0.15) is 0 Å². The minimum Gasteiger partial charge on any atom is -0.372 e. The number of hydrogen-bond donors (Lipinski definition) is 0. The van der Waals surface area contributed by atoms with E-state index in [4.69, 9.17) is 0 Å². The van der Waals surface area contributed by atoms with Crippen molar-refractivity contribution in [3.63, 3.8) is 0 Å². The van der Waals surface area contributed by atoms with Crippen LogP contribution in [0.2, 0.25) is 0 Å². The Hall–Kier alpha value is 2.16. The molecule has 0 radical (unpaired) electrons. The third-order valence-electron chi connectivity index (χ3n) is 3.67. The largest absolute Gasteiger partial charge is 2.00 e. The van der Waals surface area contributed by atoms with Crippen LogP contribution in [0.4, 0.5) is 0 Å². The Kier molecular flexibility index (Phi) is 37.6. The molecule has 0 saturated heterocycles. The van der Waals surface area contributed by atoms with E-state index in [1.165, 1.54) is 32.1 Å². The monoisotopic (exact) mass is 561 g/mol. The van der Waals surface area contributed by atoms with Crippen LogP contribution in [0.15, 0.2) is 4.99 Å². The molecule has 0 aliphatic heterocycles. The van der Waals surface area contributed by atoms with Gasteiger partial charge in [-0.25, -0.2) is 0 Å². The van der Waals surface area contributed by atoms with E-state index < -0.39 is 0 Å². The number of hydrogen-bond acceptors (Lipinski definition) is 1. The maximum absolute atomic E-state index is 3.86. The van der Waals surface area contributed by atoms with E-state index in [0.29, 0.717) is 0 Å². The zero-order chi connectivity index (χ0) is 16.5. The van der Waals surface area contributed by atoms with E-state index in [0.717, 1.165) is 36.8 Å². The third-order valence-corrected chi connectivity index (χ3v) is 3.67. The summed E-state index contributed by atoms with van der Waals surface area (Å²) in [6, 6.07) is 0. The zero-order valence-electron chi connectivity index (χ0n) is 16.4. The van der Waals surface area contributed by atoms with Gasteiger partial charge in [-0.3, -0.25) is 4.99 Å². The van der Waals surface area contributed by atoms with Gasteiger partial charge in [-0.05, 0) is 13.8 Å². The second-order valence-electron chi connectivity index (χ2n) is 5.84. The Labute approximate surface area is 211 Å². The molecule has 132 valence electrons. The molecule has 1 saturated carbocycles. The fourth-order valence-corrected chi connectivity index (χ4v) is 2.09. The molecule has 0 N–H and O–H groups in total. The van der Waals surface area contributed by atoms with Gasteiger partial charge in [-0.15, -0.1) is 12.8 Å². The van der Waals surface area contributed by atoms with Crippen molar-refractivity contribution >= 4 is 5.71 Å². The fourth-order valence-electron chi connectivity index (χ4n) is 2.09. The molecule has 2 unspecified atom stereocenters. The van der Waals surface area contributed by atoms with Gasteiger partial charge in [0.15, 0.2) is 0 Å². The maximum Gasteiger partial charge on any atom is 2.00 e. The molecular formula is C20H38NRbW-2.